The first-order valence-electron chi connectivity index (χ1n) is 9.43. The highest BCUT2D eigenvalue weighted by atomic mass is 32.2. The van der Waals surface area contributed by atoms with Crippen LogP contribution in [0, 0.1) is 5.82 Å². The first-order chi connectivity index (χ1) is 13.3. The summed E-state index contributed by atoms with van der Waals surface area (Å²) in [7, 11) is -1.96. The number of hydrogen-bond donors (Lipinski definition) is 1. The highest BCUT2D eigenvalue weighted by Gasteiger charge is 2.32. The van der Waals surface area contributed by atoms with Gasteiger partial charge in [0.05, 0.1) is 10.6 Å². The Kier molecular flexibility index (Phi) is 4.96. The molecule has 1 aliphatic heterocycles. The molecule has 2 aliphatic rings. The fourth-order valence-electron chi connectivity index (χ4n) is 3.59. The van der Waals surface area contributed by atoms with Crippen LogP contribution in [0.25, 0.3) is 0 Å². The third kappa shape index (κ3) is 3.81. The van der Waals surface area contributed by atoms with Gasteiger partial charge in [-0.2, -0.15) is 9.40 Å². The molecular weight excluding hydrogens is 383 g/mol. The normalized spacial score (nSPS) is 17.4. The second-order valence-electron chi connectivity index (χ2n) is 7.38. The van der Waals surface area contributed by atoms with Crippen molar-refractivity contribution in [1.29, 1.82) is 0 Å². The molecule has 150 valence electrons. The van der Waals surface area contributed by atoms with Gasteiger partial charge in [-0.15, -0.1) is 0 Å². The van der Waals surface area contributed by atoms with Gasteiger partial charge in [0, 0.05) is 56.7 Å². The lowest BCUT2D eigenvalue weighted by Gasteiger charge is -2.27. The zero-order valence-electron chi connectivity index (χ0n) is 15.7. The summed E-state index contributed by atoms with van der Waals surface area (Å²) in [6.07, 6.45) is 3.41. The molecule has 2 heterocycles. The summed E-state index contributed by atoms with van der Waals surface area (Å²) in [5.74, 6) is -0.579. The van der Waals surface area contributed by atoms with Crippen LogP contribution in [-0.4, -0.2) is 41.0 Å². The first-order valence-corrected chi connectivity index (χ1v) is 10.9. The lowest BCUT2D eigenvalue weighted by Crippen LogP contribution is -2.36. The van der Waals surface area contributed by atoms with E-state index in [1.165, 1.54) is 22.5 Å². The molecule has 1 amide bonds. The van der Waals surface area contributed by atoms with Gasteiger partial charge in [0.2, 0.25) is 15.9 Å². The Bertz CT molecular complexity index is 1010. The largest absolute Gasteiger partial charge is 0.353 e. The molecule has 4 rings (SSSR count). The summed E-state index contributed by atoms with van der Waals surface area (Å²) in [6.45, 7) is 0.495. The molecule has 1 saturated carbocycles. The summed E-state index contributed by atoms with van der Waals surface area (Å²) in [5.41, 5.74) is 2.60. The van der Waals surface area contributed by atoms with Gasteiger partial charge < -0.3 is 5.32 Å². The molecule has 1 N–H and O–H groups in total. The van der Waals surface area contributed by atoms with Gasteiger partial charge in [0.15, 0.2) is 0 Å². The number of sulfonamides is 1. The lowest BCUT2D eigenvalue weighted by atomic mass is 10.0. The number of aryl methyl sites for hydroxylation is 2. The average molecular weight is 406 g/mol. The van der Waals surface area contributed by atoms with Crippen molar-refractivity contribution in [2.75, 3.05) is 6.54 Å². The van der Waals surface area contributed by atoms with Gasteiger partial charge in [-0.3, -0.25) is 9.48 Å². The predicted octanol–water partition coefficient (Wildman–Crippen LogP) is 1.52. The first kappa shape index (κ1) is 19.1. The molecule has 7 nitrogen and oxygen atoms in total. The minimum absolute atomic E-state index is 0.00181. The van der Waals surface area contributed by atoms with E-state index in [-0.39, 0.29) is 17.3 Å². The Labute approximate surface area is 163 Å². The molecule has 1 aromatic carbocycles. The minimum Gasteiger partial charge on any atom is -0.353 e. The number of nitrogens with zero attached hydrogens (tertiary/aromatic N) is 3. The van der Waals surface area contributed by atoms with Crippen LogP contribution in [0.2, 0.25) is 0 Å². The number of rotatable bonds is 6. The standard InChI is InChI=1S/C19H23FN4O3S/c1-23-18-9-10-24(28(26,27)15-4-2-3-13(20)11-15)12-16(18)17(22-23)7-8-19(25)21-14-5-6-14/h2-4,11,14H,5-10,12H2,1H3,(H,21,25). The fourth-order valence-corrected chi connectivity index (χ4v) is 5.03. The van der Waals surface area contributed by atoms with Crippen LogP contribution in [0.5, 0.6) is 0 Å². The molecular formula is C19H23FN4O3S. The van der Waals surface area contributed by atoms with E-state index in [4.69, 9.17) is 0 Å². The topological polar surface area (TPSA) is 84.3 Å². The van der Waals surface area contributed by atoms with E-state index >= 15 is 0 Å². The molecule has 1 aromatic heterocycles. The number of amides is 1. The third-order valence-electron chi connectivity index (χ3n) is 5.26. The van der Waals surface area contributed by atoms with Crippen LogP contribution in [0.4, 0.5) is 4.39 Å². The van der Waals surface area contributed by atoms with E-state index < -0.39 is 15.8 Å². The van der Waals surface area contributed by atoms with Crippen LogP contribution in [0.3, 0.4) is 0 Å². The van der Waals surface area contributed by atoms with Gasteiger partial charge in [-0.05, 0) is 31.0 Å². The molecule has 0 unspecified atom stereocenters. The average Bonchev–Trinajstić information content (AvgIpc) is 3.42. The monoisotopic (exact) mass is 406 g/mol. The van der Waals surface area contributed by atoms with E-state index in [2.05, 4.69) is 10.4 Å². The van der Waals surface area contributed by atoms with Crippen LogP contribution in [0.1, 0.15) is 36.2 Å². The lowest BCUT2D eigenvalue weighted by molar-refractivity contribution is -0.121. The van der Waals surface area contributed by atoms with Crippen LogP contribution < -0.4 is 5.32 Å². The summed E-state index contributed by atoms with van der Waals surface area (Å²) in [6, 6.07) is 5.37. The molecule has 9 heteroatoms. The Morgan fingerprint density at radius 2 is 2.14 bits per heavy atom. The number of aromatic nitrogens is 2. The number of halogens is 1. The van der Waals surface area contributed by atoms with Crippen molar-refractivity contribution >= 4 is 15.9 Å². The van der Waals surface area contributed by atoms with Gasteiger partial charge in [0.25, 0.3) is 0 Å². The highest BCUT2D eigenvalue weighted by Crippen LogP contribution is 2.28. The molecule has 0 radical (unpaired) electrons. The van der Waals surface area contributed by atoms with Crippen LogP contribution in [0.15, 0.2) is 29.2 Å². The third-order valence-corrected chi connectivity index (χ3v) is 7.10. The van der Waals surface area contributed by atoms with E-state index in [0.29, 0.717) is 31.8 Å². The van der Waals surface area contributed by atoms with E-state index in [9.17, 15) is 17.6 Å². The Morgan fingerprint density at radius 3 is 2.86 bits per heavy atom. The van der Waals surface area contributed by atoms with Crippen molar-refractivity contribution in [1.82, 2.24) is 19.4 Å². The summed E-state index contributed by atoms with van der Waals surface area (Å²) < 4.78 is 42.5. The van der Waals surface area contributed by atoms with Crippen LogP contribution in [-0.2, 0) is 41.3 Å². The number of fused-ring (bicyclic) bond motifs is 1. The minimum atomic E-state index is -3.80. The molecule has 0 spiro atoms. The van der Waals surface area contributed by atoms with Crippen molar-refractivity contribution in [3.8, 4) is 0 Å². The Balaban J connectivity index is 1.53. The van der Waals surface area contributed by atoms with E-state index in [1.807, 2.05) is 7.05 Å². The highest BCUT2D eigenvalue weighted by molar-refractivity contribution is 7.89. The predicted molar refractivity (Wildman–Crippen MR) is 100 cm³/mol. The molecule has 28 heavy (non-hydrogen) atoms. The zero-order chi connectivity index (χ0) is 19.9. The summed E-state index contributed by atoms with van der Waals surface area (Å²) in [5, 5.41) is 7.47. The summed E-state index contributed by atoms with van der Waals surface area (Å²) in [4.78, 5) is 11.9. The Morgan fingerprint density at radius 1 is 1.36 bits per heavy atom. The molecule has 0 atom stereocenters. The SMILES string of the molecule is Cn1nc(CCC(=O)NC2CC2)c2c1CCN(S(=O)(=O)c1cccc(F)c1)C2. The molecule has 2 aromatic rings. The van der Waals surface area contributed by atoms with E-state index in [0.717, 1.165) is 35.9 Å². The molecule has 0 saturated heterocycles. The molecule has 1 fully saturated rings. The number of nitrogens with one attached hydrogen (secondary N) is 1. The number of hydrogen-bond acceptors (Lipinski definition) is 4. The van der Waals surface area contributed by atoms with Crippen molar-refractivity contribution in [2.45, 2.75) is 49.6 Å². The number of carbonyl (C=O) groups is 1. The maximum absolute atomic E-state index is 13.5. The second kappa shape index (κ2) is 7.29. The number of benzene rings is 1. The van der Waals surface area contributed by atoms with Gasteiger partial charge in [-0.1, -0.05) is 6.07 Å². The maximum Gasteiger partial charge on any atom is 0.243 e. The quantitative estimate of drug-likeness (QED) is 0.788. The van der Waals surface area contributed by atoms with Crippen molar-refractivity contribution < 1.29 is 17.6 Å². The maximum atomic E-state index is 13.5. The van der Waals surface area contributed by atoms with Crippen molar-refractivity contribution in [3.63, 3.8) is 0 Å². The molecule has 1 aliphatic carbocycles. The van der Waals surface area contributed by atoms with Gasteiger partial charge in [0.1, 0.15) is 5.82 Å². The smallest absolute Gasteiger partial charge is 0.243 e. The van der Waals surface area contributed by atoms with Gasteiger partial charge >= 0.3 is 0 Å². The van der Waals surface area contributed by atoms with Crippen molar-refractivity contribution in [2.24, 2.45) is 7.05 Å². The Hall–Kier alpha value is -2.26. The fraction of sp³-hybridized carbons (Fsp3) is 0.474. The zero-order valence-corrected chi connectivity index (χ0v) is 16.5. The number of carbonyl (C=O) groups excluding carboxylic acids is 1. The van der Waals surface area contributed by atoms with Crippen LogP contribution >= 0.6 is 0 Å². The van der Waals surface area contributed by atoms with E-state index in [1.54, 1.807) is 4.68 Å². The van der Waals surface area contributed by atoms with Gasteiger partial charge in [-0.25, -0.2) is 12.8 Å². The molecule has 0 bridgehead atoms. The second-order valence-corrected chi connectivity index (χ2v) is 9.32. The van der Waals surface area contributed by atoms with Crippen molar-refractivity contribution in [3.05, 3.63) is 47.0 Å². The summed E-state index contributed by atoms with van der Waals surface area (Å²) >= 11 is 0.